The third-order valence-electron chi connectivity index (χ3n) is 4.92. The van der Waals surface area contributed by atoms with Crippen molar-refractivity contribution in [3.05, 3.63) is 59.9 Å². The number of rotatable bonds is 4. The molecule has 2 heterocycles. The van der Waals surface area contributed by atoms with Gasteiger partial charge in [0.1, 0.15) is 11.6 Å². The van der Waals surface area contributed by atoms with E-state index in [1.54, 1.807) is 30.3 Å². The van der Waals surface area contributed by atoms with Gasteiger partial charge in [0, 0.05) is 13.1 Å². The van der Waals surface area contributed by atoms with Gasteiger partial charge in [0.15, 0.2) is 0 Å². The molecule has 2 aliphatic rings. The fraction of sp³-hybridized carbons (Fsp3) is 0.316. The fourth-order valence-electron chi connectivity index (χ4n) is 3.83. The molecule has 27 heavy (non-hydrogen) atoms. The Morgan fingerprint density at radius 3 is 2.41 bits per heavy atom. The molecule has 2 aromatic carbocycles. The van der Waals surface area contributed by atoms with Crippen molar-refractivity contribution in [1.82, 2.24) is 4.90 Å². The summed E-state index contributed by atoms with van der Waals surface area (Å²) < 4.78 is 54.6. The zero-order valence-electron chi connectivity index (χ0n) is 14.1. The van der Waals surface area contributed by atoms with Crippen molar-refractivity contribution in [3.63, 3.8) is 0 Å². The number of piperazine rings is 1. The molecule has 1 amide bonds. The molecule has 0 spiro atoms. The van der Waals surface area contributed by atoms with Crippen LogP contribution in [0.2, 0.25) is 0 Å². The highest BCUT2D eigenvalue weighted by Gasteiger charge is 2.50. The maximum Gasteiger partial charge on any atom is 0.573 e. The SMILES string of the molecule is O=C1[C@@H]2C[C@@H](CN2Cc2ccc(OC(F)(F)F)cc2)N1c1ccccc1F. The van der Waals surface area contributed by atoms with Gasteiger partial charge >= 0.3 is 6.36 Å². The Morgan fingerprint density at radius 2 is 1.78 bits per heavy atom. The lowest BCUT2D eigenvalue weighted by molar-refractivity contribution is -0.274. The van der Waals surface area contributed by atoms with Crippen molar-refractivity contribution in [2.75, 3.05) is 11.4 Å². The van der Waals surface area contributed by atoms with E-state index >= 15 is 0 Å². The lowest BCUT2D eigenvalue weighted by Gasteiger charge is -2.34. The summed E-state index contributed by atoms with van der Waals surface area (Å²) in [6, 6.07) is 11.4. The van der Waals surface area contributed by atoms with E-state index < -0.39 is 12.2 Å². The number of anilines is 1. The Balaban J connectivity index is 1.44. The molecule has 0 aromatic heterocycles. The molecule has 4 rings (SSSR count). The summed E-state index contributed by atoms with van der Waals surface area (Å²) >= 11 is 0. The first-order valence-electron chi connectivity index (χ1n) is 8.48. The molecule has 0 radical (unpaired) electrons. The van der Waals surface area contributed by atoms with Crippen LogP contribution in [0, 0.1) is 5.82 Å². The Kier molecular flexibility index (Phi) is 4.30. The first-order chi connectivity index (χ1) is 12.8. The Labute approximate surface area is 152 Å². The number of carbonyl (C=O) groups excluding carboxylic acids is 1. The second-order valence-electron chi connectivity index (χ2n) is 6.69. The average molecular weight is 380 g/mol. The summed E-state index contributed by atoms with van der Waals surface area (Å²) in [5.74, 6) is -0.852. The smallest absolute Gasteiger partial charge is 0.406 e. The van der Waals surface area contributed by atoms with Crippen molar-refractivity contribution in [1.29, 1.82) is 0 Å². The van der Waals surface area contributed by atoms with Gasteiger partial charge < -0.3 is 9.64 Å². The number of halogens is 4. The quantitative estimate of drug-likeness (QED) is 0.758. The number of amides is 1. The zero-order valence-corrected chi connectivity index (χ0v) is 14.1. The maximum atomic E-state index is 14.0. The summed E-state index contributed by atoms with van der Waals surface area (Å²) in [6.07, 6.45) is -4.11. The number of fused-ring (bicyclic) bond motifs is 2. The van der Waals surface area contributed by atoms with Crippen LogP contribution in [0.15, 0.2) is 48.5 Å². The number of ether oxygens (including phenoxy) is 1. The molecule has 2 bridgehead atoms. The standard InChI is InChI=1S/C19H16F4N2O2/c20-15-3-1-2-4-16(15)25-13-9-17(18(25)26)24(11-13)10-12-5-7-14(8-6-12)27-19(21,22)23/h1-8,13,17H,9-11H2/t13-,17-/m0/s1. The highest BCUT2D eigenvalue weighted by Crippen LogP contribution is 2.37. The largest absolute Gasteiger partial charge is 0.573 e. The molecule has 2 aliphatic heterocycles. The van der Waals surface area contributed by atoms with Crippen molar-refractivity contribution < 1.29 is 27.1 Å². The van der Waals surface area contributed by atoms with E-state index in [-0.39, 0.29) is 23.7 Å². The van der Waals surface area contributed by atoms with E-state index in [0.717, 1.165) is 5.56 Å². The van der Waals surface area contributed by atoms with Gasteiger partial charge in [0.2, 0.25) is 5.91 Å². The lowest BCUT2D eigenvalue weighted by Crippen LogP contribution is -2.50. The third-order valence-corrected chi connectivity index (χ3v) is 4.92. The van der Waals surface area contributed by atoms with Crippen LogP contribution in [0.1, 0.15) is 12.0 Å². The summed E-state index contributed by atoms with van der Waals surface area (Å²) in [7, 11) is 0. The van der Waals surface area contributed by atoms with Crippen LogP contribution in [-0.4, -0.2) is 35.8 Å². The van der Waals surface area contributed by atoms with Crippen LogP contribution >= 0.6 is 0 Å². The molecule has 0 aliphatic carbocycles. The van der Waals surface area contributed by atoms with Crippen LogP contribution in [0.5, 0.6) is 5.75 Å². The molecule has 0 saturated carbocycles. The number of likely N-dealkylation sites (tertiary alicyclic amines) is 1. The number of para-hydroxylation sites is 1. The van der Waals surface area contributed by atoms with E-state index in [9.17, 15) is 22.4 Å². The molecule has 142 valence electrons. The highest BCUT2D eigenvalue weighted by molar-refractivity contribution is 6.01. The van der Waals surface area contributed by atoms with Crippen LogP contribution in [-0.2, 0) is 11.3 Å². The number of hydrogen-bond donors (Lipinski definition) is 0. The van der Waals surface area contributed by atoms with Crippen LogP contribution in [0.3, 0.4) is 0 Å². The van der Waals surface area contributed by atoms with Gasteiger partial charge in [0.25, 0.3) is 0 Å². The van der Waals surface area contributed by atoms with E-state index in [1.807, 2.05) is 4.90 Å². The van der Waals surface area contributed by atoms with Gasteiger partial charge in [-0.3, -0.25) is 9.69 Å². The molecule has 2 aromatic rings. The van der Waals surface area contributed by atoms with Crippen LogP contribution in [0.4, 0.5) is 23.2 Å². The summed E-state index contributed by atoms with van der Waals surface area (Å²) in [6.45, 7) is 1.02. The van der Waals surface area contributed by atoms with Crippen molar-refractivity contribution >= 4 is 11.6 Å². The zero-order chi connectivity index (χ0) is 19.2. The predicted octanol–water partition coefficient (Wildman–Crippen LogP) is 3.71. The van der Waals surface area contributed by atoms with Crippen molar-refractivity contribution in [2.24, 2.45) is 0 Å². The van der Waals surface area contributed by atoms with Gasteiger partial charge in [-0.05, 0) is 36.2 Å². The van der Waals surface area contributed by atoms with Crippen molar-refractivity contribution in [3.8, 4) is 5.75 Å². The van der Waals surface area contributed by atoms with Gasteiger partial charge in [0.05, 0.1) is 17.8 Å². The topological polar surface area (TPSA) is 32.8 Å². The predicted molar refractivity (Wildman–Crippen MR) is 89.6 cm³/mol. The number of carbonyl (C=O) groups is 1. The minimum Gasteiger partial charge on any atom is -0.406 e. The minimum atomic E-state index is -4.72. The number of hydrogen-bond acceptors (Lipinski definition) is 3. The number of alkyl halides is 3. The molecule has 0 N–H and O–H groups in total. The average Bonchev–Trinajstić information content (AvgIpc) is 3.14. The summed E-state index contributed by atoms with van der Waals surface area (Å²) in [4.78, 5) is 16.2. The monoisotopic (exact) mass is 380 g/mol. The number of benzene rings is 2. The first-order valence-corrected chi connectivity index (χ1v) is 8.48. The summed E-state index contributed by atoms with van der Waals surface area (Å²) in [5.41, 5.74) is 1.07. The molecule has 8 heteroatoms. The van der Waals surface area contributed by atoms with E-state index in [0.29, 0.717) is 25.2 Å². The Morgan fingerprint density at radius 1 is 1.07 bits per heavy atom. The van der Waals surface area contributed by atoms with Gasteiger partial charge in [-0.1, -0.05) is 24.3 Å². The maximum absolute atomic E-state index is 14.0. The first kappa shape index (κ1) is 17.8. The fourth-order valence-corrected chi connectivity index (χ4v) is 3.83. The van der Waals surface area contributed by atoms with Crippen molar-refractivity contribution in [2.45, 2.75) is 31.4 Å². The highest BCUT2D eigenvalue weighted by atomic mass is 19.4. The minimum absolute atomic E-state index is 0.104. The molecule has 2 fully saturated rings. The molecule has 2 atom stereocenters. The second-order valence-corrected chi connectivity index (χ2v) is 6.69. The molecule has 0 unspecified atom stereocenters. The second kappa shape index (κ2) is 6.53. The van der Waals surface area contributed by atoms with Gasteiger partial charge in [-0.2, -0.15) is 0 Å². The van der Waals surface area contributed by atoms with Gasteiger partial charge in [-0.15, -0.1) is 13.2 Å². The van der Waals surface area contributed by atoms with Crippen LogP contribution < -0.4 is 9.64 Å². The normalized spacial score (nSPS) is 22.5. The molecular formula is C19H16F4N2O2. The lowest BCUT2D eigenvalue weighted by atomic mass is 10.1. The molecule has 4 nitrogen and oxygen atoms in total. The van der Waals surface area contributed by atoms with Gasteiger partial charge in [-0.25, -0.2) is 4.39 Å². The van der Waals surface area contributed by atoms with E-state index in [4.69, 9.17) is 0 Å². The van der Waals surface area contributed by atoms with Crippen LogP contribution in [0.25, 0.3) is 0 Å². The summed E-state index contributed by atoms with van der Waals surface area (Å²) in [5, 5.41) is 0. The molecular weight excluding hydrogens is 364 g/mol. The third kappa shape index (κ3) is 3.49. The number of nitrogens with zero attached hydrogens (tertiary/aromatic N) is 2. The Bertz CT molecular complexity index is 854. The molecule has 2 saturated heterocycles. The van der Waals surface area contributed by atoms with E-state index in [1.165, 1.54) is 23.1 Å². The Hall–Kier alpha value is -2.61. The van der Waals surface area contributed by atoms with E-state index in [2.05, 4.69) is 4.74 Å².